The Balaban J connectivity index is 2.97. The lowest BCUT2D eigenvalue weighted by Crippen LogP contribution is -2.23. The first-order chi connectivity index (χ1) is 8.50. The molecule has 0 spiro atoms. The van der Waals surface area contributed by atoms with E-state index < -0.39 is 23.5 Å². The Bertz CT molecular complexity index is 414. The van der Waals surface area contributed by atoms with Crippen molar-refractivity contribution in [2.24, 2.45) is 17.3 Å². The van der Waals surface area contributed by atoms with Gasteiger partial charge in [0.1, 0.15) is 5.60 Å². The van der Waals surface area contributed by atoms with E-state index in [1.54, 1.807) is 6.08 Å². The molecule has 1 fully saturated rings. The number of hydrogen-bond donors (Lipinski definition) is 1. The van der Waals surface area contributed by atoms with Crippen molar-refractivity contribution in [1.29, 1.82) is 0 Å². The molecule has 5 heteroatoms. The Morgan fingerprint density at radius 1 is 1.26 bits per heavy atom. The van der Waals surface area contributed by atoms with Gasteiger partial charge in [-0.15, -0.1) is 0 Å². The molecule has 0 heterocycles. The van der Waals surface area contributed by atoms with E-state index in [1.165, 1.54) is 7.11 Å². The summed E-state index contributed by atoms with van der Waals surface area (Å²) < 4.78 is 10.2. The molecular formula is C14H22O5. The van der Waals surface area contributed by atoms with E-state index in [0.29, 0.717) is 0 Å². The molecule has 1 aliphatic rings. The highest BCUT2D eigenvalue weighted by Crippen LogP contribution is 2.59. The Morgan fingerprint density at radius 2 is 1.79 bits per heavy atom. The van der Waals surface area contributed by atoms with Gasteiger partial charge in [0.2, 0.25) is 5.76 Å². The lowest BCUT2D eigenvalue weighted by molar-refractivity contribution is -0.143. The maximum absolute atomic E-state index is 11.7. The summed E-state index contributed by atoms with van der Waals surface area (Å²) in [6.45, 7) is 9.17. The molecule has 0 saturated heterocycles. The number of carboxylic acid groups (broad SMARTS) is 1. The summed E-state index contributed by atoms with van der Waals surface area (Å²) in [6.07, 6.45) is 1.58. The van der Waals surface area contributed by atoms with E-state index in [-0.39, 0.29) is 17.1 Å². The van der Waals surface area contributed by atoms with Gasteiger partial charge in [0.25, 0.3) is 0 Å². The maximum atomic E-state index is 11.7. The molecule has 1 saturated carbocycles. The monoisotopic (exact) mass is 270 g/mol. The van der Waals surface area contributed by atoms with Gasteiger partial charge in [0.15, 0.2) is 0 Å². The number of esters is 1. The van der Waals surface area contributed by atoms with Gasteiger partial charge in [-0.2, -0.15) is 0 Å². The van der Waals surface area contributed by atoms with Gasteiger partial charge < -0.3 is 14.6 Å². The van der Waals surface area contributed by atoms with Crippen molar-refractivity contribution in [3.05, 3.63) is 11.8 Å². The minimum absolute atomic E-state index is 0.0804. The molecule has 0 aromatic heterocycles. The zero-order valence-electron chi connectivity index (χ0n) is 12.3. The van der Waals surface area contributed by atoms with Gasteiger partial charge in [0, 0.05) is 5.92 Å². The van der Waals surface area contributed by atoms with E-state index in [9.17, 15) is 9.59 Å². The summed E-state index contributed by atoms with van der Waals surface area (Å²) in [5, 5.41) is 9.11. The Labute approximate surface area is 113 Å². The van der Waals surface area contributed by atoms with Crippen LogP contribution in [-0.4, -0.2) is 29.8 Å². The van der Waals surface area contributed by atoms with Crippen LogP contribution in [0, 0.1) is 17.3 Å². The van der Waals surface area contributed by atoms with Gasteiger partial charge >= 0.3 is 11.9 Å². The summed E-state index contributed by atoms with van der Waals surface area (Å²) >= 11 is 0. The highest BCUT2D eigenvalue weighted by molar-refractivity contribution is 5.87. The van der Waals surface area contributed by atoms with Gasteiger partial charge in [-0.3, -0.25) is 4.79 Å². The average molecular weight is 270 g/mol. The molecule has 1 N–H and O–H groups in total. The zero-order valence-corrected chi connectivity index (χ0v) is 12.3. The fourth-order valence-corrected chi connectivity index (χ4v) is 2.20. The molecule has 0 aromatic carbocycles. The Kier molecular flexibility index (Phi) is 3.98. The number of aliphatic carboxylic acids is 1. The van der Waals surface area contributed by atoms with Crippen LogP contribution in [0.1, 0.15) is 34.6 Å². The van der Waals surface area contributed by atoms with Crippen LogP contribution in [0.3, 0.4) is 0 Å². The number of carboxylic acids is 1. The fraction of sp³-hybridized carbons (Fsp3) is 0.714. The van der Waals surface area contributed by atoms with Crippen molar-refractivity contribution in [2.45, 2.75) is 40.2 Å². The first-order valence-corrected chi connectivity index (χ1v) is 6.22. The molecule has 0 amide bonds. The van der Waals surface area contributed by atoms with E-state index in [2.05, 4.69) is 4.74 Å². The summed E-state index contributed by atoms with van der Waals surface area (Å²) in [7, 11) is 1.27. The first kappa shape index (κ1) is 15.5. The smallest absolute Gasteiger partial charge is 0.373 e. The van der Waals surface area contributed by atoms with Gasteiger partial charge in [-0.25, -0.2) is 4.79 Å². The number of allylic oxidation sites excluding steroid dienone is 1. The van der Waals surface area contributed by atoms with Crippen LogP contribution >= 0.6 is 0 Å². The maximum Gasteiger partial charge on any atom is 0.373 e. The summed E-state index contributed by atoms with van der Waals surface area (Å²) in [5.41, 5.74) is -0.913. The minimum atomic E-state index is -0.855. The molecule has 108 valence electrons. The van der Waals surface area contributed by atoms with E-state index in [4.69, 9.17) is 9.84 Å². The second-order valence-corrected chi connectivity index (χ2v) is 6.40. The standard InChI is InChI=1S/C14H22O5/c1-13(2,3)19-9(12(17)18-6)7-8-10(11(15)16)14(8,4)5/h7-8,10H,1-6H3,(H,15,16). The van der Waals surface area contributed by atoms with E-state index in [0.717, 1.165) is 0 Å². The van der Waals surface area contributed by atoms with Crippen molar-refractivity contribution in [1.82, 2.24) is 0 Å². The second kappa shape index (κ2) is 4.87. The van der Waals surface area contributed by atoms with Crippen LogP contribution in [0.2, 0.25) is 0 Å². The molecule has 2 unspecified atom stereocenters. The summed E-state index contributed by atoms with van der Waals surface area (Å²) in [4.78, 5) is 22.8. The van der Waals surface area contributed by atoms with E-state index in [1.807, 2.05) is 34.6 Å². The van der Waals surface area contributed by atoms with Gasteiger partial charge in [-0.1, -0.05) is 13.8 Å². The van der Waals surface area contributed by atoms with Crippen LogP contribution < -0.4 is 0 Å². The quantitative estimate of drug-likeness (QED) is 0.481. The first-order valence-electron chi connectivity index (χ1n) is 6.22. The molecule has 0 bridgehead atoms. The molecule has 0 aromatic rings. The van der Waals surface area contributed by atoms with Crippen molar-refractivity contribution in [3.8, 4) is 0 Å². The zero-order chi connectivity index (χ0) is 15.0. The highest BCUT2D eigenvalue weighted by atomic mass is 16.6. The predicted molar refractivity (Wildman–Crippen MR) is 69.3 cm³/mol. The number of methoxy groups -OCH3 is 1. The number of hydrogen-bond acceptors (Lipinski definition) is 4. The van der Waals surface area contributed by atoms with Crippen molar-refractivity contribution in [3.63, 3.8) is 0 Å². The molecule has 5 nitrogen and oxygen atoms in total. The van der Waals surface area contributed by atoms with Crippen molar-refractivity contribution < 1.29 is 24.2 Å². The normalized spacial score (nSPS) is 25.7. The van der Waals surface area contributed by atoms with Crippen LogP contribution in [0.15, 0.2) is 11.8 Å². The molecule has 2 atom stereocenters. The van der Waals surface area contributed by atoms with Crippen molar-refractivity contribution >= 4 is 11.9 Å². The topological polar surface area (TPSA) is 72.8 Å². The third kappa shape index (κ3) is 3.49. The largest absolute Gasteiger partial charge is 0.481 e. The van der Waals surface area contributed by atoms with Crippen LogP contribution in [0.25, 0.3) is 0 Å². The minimum Gasteiger partial charge on any atom is -0.481 e. The third-order valence-corrected chi connectivity index (χ3v) is 3.31. The molecule has 0 aliphatic heterocycles. The fourth-order valence-electron chi connectivity index (χ4n) is 2.20. The molecule has 19 heavy (non-hydrogen) atoms. The molecular weight excluding hydrogens is 248 g/mol. The number of carbonyl (C=O) groups excluding carboxylic acids is 1. The number of ether oxygens (including phenoxy) is 2. The van der Waals surface area contributed by atoms with Crippen LogP contribution in [0.5, 0.6) is 0 Å². The average Bonchev–Trinajstić information content (AvgIpc) is 2.76. The van der Waals surface area contributed by atoms with Gasteiger partial charge in [-0.05, 0) is 32.3 Å². The Hall–Kier alpha value is -1.52. The van der Waals surface area contributed by atoms with Gasteiger partial charge in [0.05, 0.1) is 13.0 Å². The Morgan fingerprint density at radius 3 is 2.11 bits per heavy atom. The number of carbonyl (C=O) groups is 2. The highest BCUT2D eigenvalue weighted by Gasteiger charge is 2.61. The lowest BCUT2D eigenvalue weighted by Gasteiger charge is -2.22. The molecule has 0 radical (unpaired) electrons. The number of rotatable bonds is 4. The lowest BCUT2D eigenvalue weighted by atomic mass is 10.1. The SMILES string of the molecule is COC(=O)C(=CC1C(C(=O)O)C1(C)C)OC(C)(C)C. The second-order valence-electron chi connectivity index (χ2n) is 6.40. The molecule has 1 aliphatic carbocycles. The molecule has 1 rings (SSSR count). The third-order valence-electron chi connectivity index (χ3n) is 3.31. The van der Waals surface area contributed by atoms with Crippen LogP contribution in [-0.2, 0) is 19.1 Å². The van der Waals surface area contributed by atoms with Crippen LogP contribution in [0.4, 0.5) is 0 Å². The van der Waals surface area contributed by atoms with E-state index >= 15 is 0 Å². The summed E-state index contributed by atoms with van der Waals surface area (Å²) in [6, 6.07) is 0. The summed E-state index contributed by atoms with van der Waals surface area (Å²) in [5.74, 6) is -2.07. The predicted octanol–water partition coefficient (Wildman–Crippen LogP) is 2.22. The van der Waals surface area contributed by atoms with Crippen molar-refractivity contribution in [2.75, 3.05) is 7.11 Å².